The van der Waals surface area contributed by atoms with Crippen molar-refractivity contribution in [2.45, 2.75) is 19.3 Å². The molecule has 0 spiro atoms. The number of hydrogen-bond donors (Lipinski definition) is 1. The standard InChI is InChI=1S/C24H26N2O7/c1-29-20-9-13(10-21(30-2)24(20)31-3)26-23(22-16(27)5-4-6-17(22)28)14-11-18-19(12-15(14)25)33-8-7-32-18/h9-12,22H,4-8,25H2,1-3H3. The number of benzene rings is 2. The van der Waals surface area contributed by atoms with Crippen molar-refractivity contribution in [3.63, 3.8) is 0 Å². The molecule has 0 aromatic heterocycles. The molecule has 0 atom stereocenters. The average Bonchev–Trinajstić information content (AvgIpc) is 2.82. The van der Waals surface area contributed by atoms with E-state index in [1.807, 2.05) is 0 Å². The molecule has 1 aliphatic carbocycles. The number of nitrogens with zero attached hydrogens (tertiary/aromatic N) is 1. The number of carbonyl (C=O) groups is 2. The quantitative estimate of drug-likeness (QED) is 0.402. The second-order valence-corrected chi connectivity index (χ2v) is 7.68. The maximum atomic E-state index is 12.9. The van der Waals surface area contributed by atoms with Crippen molar-refractivity contribution in [2.75, 3.05) is 40.3 Å². The van der Waals surface area contributed by atoms with Crippen LogP contribution in [0.5, 0.6) is 28.7 Å². The molecular weight excluding hydrogens is 428 g/mol. The summed E-state index contributed by atoms with van der Waals surface area (Å²) < 4.78 is 27.5. The third-order valence-corrected chi connectivity index (χ3v) is 5.65. The molecule has 1 fully saturated rings. The fourth-order valence-electron chi connectivity index (χ4n) is 4.09. The van der Waals surface area contributed by atoms with Crippen LogP contribution in [0.1, 0.15) is 24.8 Å². The Kier molecular flexibility index (Phi) is 6.39. The molecule has 4 rings (SSSR count). The van der Waals surface area contributed by atoms with Gasteiger partial charge in [0.25, 0.3) is 0 Å². The maximum absolute atomic E-state index is 12.9. The van der Waals surface area contributed by atoms with Crippen LogP contribution in [-0.2, 0) is 9.59 Å². The molecule has 9 nitrogen and oxygen atoms in total. The van der Waals surface area contributed by atoms with Gasteiger partial charge < -0.3 is 29.4 Å². The lowest BCUT2D eigenvalue weighted by molar-refractivity contribution is -0.132. The van der Waals surface area contributed by atoms with E-state index < -0.39 is 5.92 Å². The Morgan fingerprint density at radius 1 is 0.909 bits per heavy atom. The number of hydrogen-bond acceptors (Lipinski definition) is 9. The molecule has 0 amide bonds. The van der Waals surface area contributed by atoms with Crippen LogP contribution in [0.25, 0.3) is 0 Å². The number of fused-ring (bicyclic) bond motifs is 1. The van der Waals surface area contributed by atoms with Gasteiger partial charge in [0.2, 0.25) is 5.75 Å². The van der Waals surface area contributed by atoms with Crippen molar-refractivity contribution < 1.29 is 33.3 Å². The highest BCUT2D eigenvalue weighted by Gasteiger charge is 2.36. The monoisotopic (exact) mass is 454 g/mol. The summed E-state index contributed by atoms with van der Waals surface area (Å²) in [6, 6.07) is 6.60. The van der Waals surface area contributed by atoms with E-state index in [2.05, 4.69) is 0 Å². The topological polar surface area (TPSA) is 119 Å². The number of carbonyl (C=O) groups excluding carboxylic acids is 2. The second-order valence-electron chi connectivity index (χ2n) is 7.68. The van der Waals surface area contributed by atoms with Crippen molar-refractivity contribution in [2.24, 2.45) is 10.9 Å². The molecule has 0 bridgehead atoms. The summed E-state index contributed by atoms with van der Waals surface area (Å²) in [5.74, 6) is 0.790. The van der Waals surface area contributed by atoms with Gasteiger partial charge in [-0.2, -0.15) is 0 Å². The minimum absolute atomic E-state index is 0.188. The summed E-state index contributed by atoms with van der Waals surface area (Å²) in [6.07, 6.45) is 1.13. The van der Waals surface area contributed by atoms with Gasteiger partial charge >= 0.3 is 0 Å². The fraction of sp³-hybridized carbons (Fsp3) is 0.375. The first-order chi connectivity index (χ1) is 16.0. The van der Waals surface area contributed by atoms with E-state index in [1.165, 1.54) is 21.3 Å². The summed E-state index contributed by atoms with van der Waals surface area (Å²) in [7, 11) is 4.50. The highest BCUT2D eigenvalue weighted by atomic mass is 16.6. The number of aliphatic imine (C=N–C) groups is 1. The van der Waals surface area contributed by atoms with E-state index in [9.17, 15) is 9.59 Å². The third kappa shape index (κ3) is 4.30. The molecule has 174 valence electrons. The number of nitrogen functional groups attached to an aromatic ring is 1. The molecule has 2 N–H and O–H groups in total. The first-order valence-electron chi connectivity index (χ1n) is 10.6. The van der Waals surface area contributed by atoms with Crippen LogP contribution >= 0.6 is 0 Å². The van der Waals surface area contributed by atoms with Crippen LogP contribution in [0.15, 0.2) is 29.3 Å². The van der Waals surface area contributed by atoms with E-state index in [1.54, 1.807) is 24.3 Å². The number of nitrogens with two attached hydrogens (primary N) is 1. The SMILES string of the molecule is COc1cc(N=C(c2cc3c(cc2N)OCCO3)C2C(=O)CCCC2=O)cc(OC)c1OC. The van der Waals surface area contributed by atoms with Crippen LogP contribution in [0.4, 0.5) is 11.4 Å². The number of Topliss-reactive ketones (excluding diaryl/α,β-unsaturated/α-hetero) is 2. The average molecular weight is 454 g/mol. The van der Waals surface area contributed by atoms with Crippen molar-refractivity contribution >= 4 is 28.7 Å². The van der Waals surface area contributed by atoms with Crippen LogP contribution in [0.3, 0.4) is 0 Å². The summed E-state index contributed by atoms with van der Waals surface area (Å²) >= 11 is 0. The van der Waals surface area contributed by atoms with Gasteiger partial charge in [0.15, 0.2) is 23.0 Å². The Balaban J connectivity index is 1.92. The van der Waals surface area contributed by atoms with Crippen LogP contribution < -0.4 is 29.4 Å². The molecule has 1 heterocycles. The van der Waals surface area contributed by atoms with Gasteiger partial charge in [-0.15, -0.1) is 0 Å². The second kappa shape index (κ2) is 9.40. The van der Waals surface area contributed by atoms with Crippen LogP contribution in [0.2, 0.25) is 0 Å². The van der Waals surface area contributed by atoms with E-state index in [0.29, 0.717) is 78.2 Å². The Bertz CT molecular complexity index is 1090. The predicted molar refractivity (Wildman–Crippen MR) is 121 cm³/mol. The summed E-state index contributed by atoms with van der Waals surface area (Å²) in [5.41, 5.74) is 7.80. The lowest BCUT2D eigenvalue weighted by Gasteiger charge is -2.25. The molecule has 0 radical (unpaired) electrons. The van der Waals surface area contributed by atoms with E-state index >= 15 is 0 Å². The van der Waals surface area contributed by atoms with E-state index in [0.717, 1.165) is 0 Å². The number of methoxy groups -OCH3 is 3. The highest BCUT2D eigenvalue weighted by Crippen LogP contribution is 2.42. The zero-order valence-electron chi connectivity index (χ0n) is 18.8. The fourth-order valence-corrected chi connectivity index (χ4v) is 4.09. The minimum atomic E-state index is -1.03. The van der Waals surface area contributed by atoms with Crippen molar-refractivity contribution in [3.05, 3.63) is 29.8 Å². The minimum Gasteiger partial charge on any atom is -0.493 e. The Morgan fingerprint density at radius 3 is 2.03 bits per heavy atom. The number of rotatable bonds is 6. The molecule has 1 saturated carbocycles. The van der Waals surface area contributed by atoms with Gasteiger partial charge in [-0.3, -0.25) is 14.6 Å². The maximum Gasteiger partial charge on any atom is 0.203 e. The first kappa shape index (κ1) is 22.4. The van der Waals surface area contributed by atoms with Gasteiger partial charge in [-0.05, 0) is 12.5 Å². The molecule has 2 aromatic rings. The van der Waals surface area contributed by atoms with Crippen LogP contribution in [0, 0.1) is 5.92 Å². The van der Waals surface area contributed by atoms with E-state index in [-0.39, 0.29) is 17.3 Å². The molecule has 0 unspecified atom stereocenters. The molecule has 33 heavy (non-hydrogen) atoms. The molecule has 9 heteroatoms. The Labute approximate surface area is 191 Å². The molecule has 1 aliphatic heterocycles. The van der Waals surface area contributed by atoms with Gasteiger partial charge in [-0.25, -0.2) is 0 Å². The zero-order valence-corrected chi connectivity index (χ0v) is 18.8. The number of anilines is 1. The van der Waals surface area contributed by atoms with Gasteiger partial charge in [0.1, 0.15) is 30.7 Å². The van der Waals surface area contributed by atoms with Crippen molar-refractivity contribution in [1.82, 2.24) is 0 Å². The molecule has 2 aromatic carbocycles. The lowest BCUT2D eigenvalue weighted by Crippen LogP contribution is -2.36. The summed E-state index contributed by atoms with van der Waals surface area (Å²) in [4.78, 5) is 30.5. The predicted octanol–water partition coefficient (Wildman–Crippen LogP) is 3.12. The summed E-state index contributed by atoms with van der Waals surface area (Å²) in [5, 5.41) is 0. The highest BCUT2D eigenvalue weighted by molar-refractivity contribution is 6.28. The molecular formula is C24H26N2O7. The smallest absolute Gasteiger partial charge is 0.203 e. The largest absolute Gasteiger partial charge is 0.493 e. The van der Waals surface area contributed by atoms with Crippen LogP contribution in [-0.4, -0.2) is 51.8 Å². The zero-order chi connectivity index (χ0) is 23.5. The molecule has 0 saturated heterocycles. The molecule has 2 aliphatic rings. The number of ketones is 2. The van der Waals surface area contributed by atoms with Crippen molar-refractivity contribution in [3.8, 4) is 28.7 Å². The summed E-state index contributed by atoms with van der Waals surface area (Å²) in [6.45, 7) is 0.800. The third-order valence-electron chi connectivity index (χ3n) is 5.65. The number of ether oxygens (including phenoxy) is 5. The van der Waals surface area contributed by atoms with E-state index in [4.69, 9.17) is 34.4 Å². The Morgan fingerprint density at radius 2 is 1.48 bits per heavy atom. The van der Waals surface area contributed by atoms with Gasteiger partial charge in [0.05, 0.1) is 32.7 Å². The van der Waals surface area contributed by atoms with Crippen molar-refractivity contribution in [1.29, 1.82) is 0 Å². The first-order valence-corrected chi connectivity index (χ1v) is 10.6. The normalized spacial score (nSPS) is 16.5. The lowest BCUT2D eigenvalue weighted by atomic mass is 9.80. The Hall–Kier alpha value is -3.75. The van der Waals surface area contributed by atoms with Gasteiger partial charge in [-0.1, -0.05) is 0 Å². The van der Waals surface area contributed by atoms with Gasteiger partial charge in [0, 0.05) is 42.3 Å².